The molecule has 5 nitrogen and oxygen atoms in total. The van der Waals surface area contributed by atoms with Crippen LogP contribution in [0.1, 0.15) is 6.42 Å². The third-order valence-corrected chi connectivity index (χ3v) is 3.62. The maximum Gasteiger partial charge on any atom is 0.264 e. The van der Waals surface area contributed by atoms with Gasteiger partial charge in [0.1, 0.15) is 12.4 Å². The lowest BCUT2D eigenvalue weighted by Crippen LogP contribution is -2.21. The highest BCUT2D eigenvalue weighted by Crippen LogP contribution is 2.20. The van der Waals surface area contributed by atoms with Gasteiger partial charge in [0.05, 0.1) is 11.9 Å². The molecule has 0 aromatic heterocycles. The monoisotopic (exact) mass is 296 g/mol. The van der Waals surface area contributed by atoms with Crippen LogP contribution in [0.2, 0.25) is 0 Å². The zero-order valence-corrected chi connectivity index (χ0v) is 11.6. The van der Waals surface area contributed by atoms with Gasteiger partial charge in [0.25, 0.3) is 10.1 Å². The molecule has 0 saturated carbocycles. The van der Waals surface area contributed by atoms with Crippen LogP contribution in [0.25, 0.3) is 10.8 Å². The maximum atomic E-state index is 10.6. The summed E-state index contributed by atoms with van der Waals surface area (Å²) >= 11 is 0. The van der Waals surface area contributed by atoms with Crippen molar-refractivity contribution in [2.24, 2.45) is 0 Å². The molecule has 0 amide bonds. The molecule has 0 bridgehead atoms. The van der Waals surface area contributed by atoms with E-state index in [1.165, 1.54) is 0 Å². The van der Waals surface area contributed by atoms with Crippen molar-refractivity contribution in [1.29, 1.82) is 0 Å². The third kappa shape index (κ3) is 4.48. The first-order chi connectivity index (χ1) is 9.44. The number of aliphatic hydroxyl groups is 1. The van der Waals surface area contributed by atoms with Gasteiger partial charge < -0.3 is 9.84 Å². The van der Waals surface area contributed by atoms with E-state index < -0.39 is 22.0 Å². The average molecular weight is 296 g/mol. The molecule has 0 spiro atoms. The van der Waals surface area contributed by atoms with Gasteiger partial charge in [-0.25, -0.2) is 0 Å². The molecule has 0 fully saturated rings. The highest BCUT2D eigenvalue weighted by atomic mass is 32.2. The Bertz CT molecular complexity index is 681. The fraction of sp³-hybridized carbons (Fsp3) is 0.286. The molecule has 0 aliphatic heterocycles. The second kappa shape index (κ2) is 6.21. The van der Waals surface area contributed by atoms with Gasteiger partial charge in [0.2, 0.25) is 0 Å². The molecule has 2 aromatic carbocycles. The Morgan fingerprint density at radius 2 is 1.80 bits per heavy atom. The van der Waals surface area contributed by atoms with E-state index in [1.807, 2.05) is 36.4 Å². The molecule has 0 aliphatic carbocycles. The van der Waals surface area contributed by atoms with E-state index in [9.17, 15) is 13.5 Å². The SMILES string of the molecule is O=S(=O)(O)CCC(O)COc1ccc2ccccc2c1. The highest BCUT2D eigenvalue weighted by Gasteiger charge is 2.11. The molecular weight excluding hydrogens is 280 g/mol. The lowest BCUT2D eigenvalue weighted by atomic mass is 10.1. The number of aliphatic hydroxyl groups excluding tert-OH is 1. The Labute approximate surface area is 117 Å². The first-order valence-electron chi connectivity index (χ1n) is 6.19. The minimum absolute atomic E-state index is 0.0200. The molecule has 6 heteroatoms. The topological polar surface area (TPSA) is 83.8 Å². The van der Waals surface area contributed by atoms with Crippen molar-refractivity contribution >= 4 is 20.9 Å². The minimum atomic E-state index is -4.05. The second-order valence-corrected chi connectivity index (χ2v) is 6.12. The van der Waals surface area contributed by atoms with E-state index in [-0.39, 0.29) is 13.0 Å². The smallest absolute Gasteiger partial charge is 0.264 e. The normalized spacial score (nSPS) is 13.3. The Balaban J connectivity index is 1.92. The third-order valence-electron chi connectivity index (χ3n) is 2.87. The van der Waals surface area contributed by atoms with Gasteiger partial charge in [-0.3, -0.25) is 4.55 Å². The number of ether oxygens (including phenoxy) is 1. The van der Waals surface area contributed by atoms with Gasteiger partial charge in [-0.1, -0.05) is 30.3 Å². The average Bonchev–Trinajstić information content (AvgIpc) is 2.42. The summed E-state index contributed by atoms with van der Waals surface area (Å²) in [6, 6.07) is 13.4. The van der Waals surface area contributed by atoms with Crippen molar-refractivity contribution in [1.82, 2.24) is 0 Å². The van der Waals surface area contributed by atoms with Crippen molar-refractivity contribution in [3.63, 3.8) is 0 Å². The predicted molar refractivity (Wildman–Crippen MR) is 76.5 cm³/mol. The maximum absolute atomic E-state index is 10.6. The van der Waals surface area contributed by atoms with Gasteiger partial charge in [0.15, 0.2) is 0 Å². The summed E-state index contributed by atoms with van der Waals surface area (Å²) in [6.45, 7) is -0.0200. The van der Waals surface area contributed by atoms with Crippen LogP contribution >= 0.6 is 0 Å². The lowest BCUT2D eigenvalue weighted by Gasteiger charge is -2.12. The molecule has 2 N–H and O–H groups in total. The predicted octanol–water partition coefficient (Wildman–Crippen LogP) is 1.86. The van der Waals surface area contributed by atoms with Crippen molar-refractivity contribution in [2.75, 3.05) is 12.4 Å². The second-order valence-electron chi connectivity index (χ2n) is 4.55. The molecular formula is C14H16O5S. The molecule has 108 valence electrons. The number of hydrogen-bond acceptors (Lipinski definition) is 4. The van der Waals surface area contributed by atoms with Crippen molar-refractivity contribution < 1.29 is 22.8 Å². The zero-order chi connectivity index (χ0) is 14.6. The molecule has 2 rings (SSSR count). The summed E-state index contributed by atoms with van der Waals surface area (Å²) in [5, 5.41) is 11.7. The van der Waals surface area contributed by atoms with Crippen LogP contribution in [0, 0.1) is 0 Å². The number of benzene rings is 2. The van der Waals surface area contributed by atoms with Gasteiger partial charge in [0, 0.05) is 0 Å². The molecule has 2 aromatic rings. The molecule has 1 unspecified atom stereocenters. The van der Waals surface area contributed by atoms with E-state index in [0.717, 1.165) is 10.8 Å². The van der Waals surface area contributed by atoms with Gasteiger partial charge >= 0.3 is 0 Å². The zero-order valence-electron chi connectivity index (χ0n) is 10.8. The summed E-state index contributed by atoms with van der Waals surface area (Å²) in [7, 11) is -4.05. The van der Waals surface area contributed by atoms with Gasteiger partial charge in [-0.2, -0.15) is 8.42 Å². The number of rotatable bonds is 6. The van der Waals surface area contributed by atoms with Gasteiger partial charge in [-0.05, 0) is 29.3 Å². The Morgan fingerprint density at radius 1 is 1.10 bits per heavy atom. The van der Waals surface area contributed by atoms with Crippen LogP contribution in [0.4, 0.5) is 0 Å². The summed E-state index contributed by atoms with van der Waals surface area (Å²) in [5.74, 6) is 0.129. The quantitative estimate of drug-likeness (QED) is 0.795. The summed E-state index contributed by atoms with van der Waals surface area (Å²) in [6.07, 6.45) is -1.00. The summed E-state index contributed by atoms with van der Waals surface area (Å²) < 4.78 is 35.1. The van der Waals surface area contributed by atoms with Gasteiger partial charge in [-0.15, -0.1) is 0 Å². The Hall–Kier alpha value is -1.63. The molecule has 0 aliphatic rings. The van der Waals surface area contributed by atoms with Crippen molar-refractivity contribution in [2.45, 2.75) is 12.5 Å². The summed E-state index contributed by atoms with van der Waals surface area (Å²) in [5.41, 5.74) is 0. The van der Waals surface area contributed by atoms with Crippen LogP contribution in [-0.4, -0.2) is 36.5 Å². The van der Waals surface area contributed by atoms with Crippen LogP contribution in [0.5, 0.6) is 5.75 Å². The number of fused-ring (bicyclic) bond motifs is 1. The standard InChI is InChI=1S/C14H16O5S/c15-13(7-8-20(16,17)18)10-19-14-6-5-11-3-1-2-4-12(11)9-14/h1-6,9,13,15H,7-8,10H2,(H,16,17,18). The van der Waals surface area contributed by atoms with Crippen LogP contribution < -0.4 is 4.74 Å². The fourth-order valence-electron chi connectivity index (χ4n) is 1.82. The van der Waals surface area contributed by atoms with E-state index >= 15 is 0 Å². The lowest BCUT2D eigenvalue weighted by molar-refractivity contribution is 0.104. The van der Waals surface area contributed by atoms with E-state index in [1.54, 1.807) is 6.07 Å². The Kier molecular flexibility index (Phi) is 4.59. The van der Waals surface area contributed by atoms with E-state index in [4.69, 9.17) is 9.29 Å². The van der Waals surface area contributed by atoms with Crippen LogP contribution in [-0.2, 0) is 10.1 Å². The number of hydrogen-bond donors (Lipinski definition) is 2. The molecule has 0 saturated heterocycles. The van der Waals surface area contributed by atoms with Crippen LogP contribution in [0.15, 0.2) is 42.5 Å². The summed E-state index contributed by atoms with van der Waals surface area (Å²) in [4.78, 5) is 0. The van der Waals surface area contributed by atoms with E-state index in [0.29, 0.717) is 5.75 Å². The largest absolute Gasteiger partial charge is 0.491 e. The first kappa shape index (κ1) is 14.8. The molecule has 0 heterocycles. The molecule has 1 atom stereocenters. The van der Waals surface area contributed by atoms with Crippen molar-refractivity contribution in [3.8, 4) is 5.75 Å². The van der Waals surface area contributed by atoms with Crippen LogP contribution in [0.3, 0.4) is 0 Å². The fourth-order valence-corrected chi connectivity index (χ4v) is 2.39. The molecule has 0 radical (unpaired) electrons. The first-order valence-corrected chi connectivity index (χ1v) is 7.80. The van der Waals surface area contributed by atoms with Crippen molar-refractivity contribution in [3.05, 3.63) is 42.5 Å². The Morgan fingerprint density at radius 3 is 2.50 bits per heavy atom. The highest BCUT2D eigenvalue weighted by molar-refractivity contribution is 7.85. The molecule has 20 heavy (non-hydrogen) atoms. The minimum Gasteiger partial charge on any atom is -0.491 e. The van der Waals surface area contributed by atoms with E-state index in [2.05, 4.69) is 0 Å².